The third kappa shape index (κ3) is 2.47. The highest BCUT2D eigenvalue weighted by atomic mass is 16.3. The number of hydrogen-bond donors (Lipinski definition) is 1. The van der Waals surface area contributed by atoms with Crippen molar-refractivity contribution in [1.82, 2.24) is 0 Å². The molecule has 2 aliphatic carbocycles. The molecule has 2 saturated carbocycles. The Morgan fingerprint density at radius 1 is 0.833 bits per heavy atom. The first-order valence-corrected chi connectivity index (χ1v) is 7.57. The summed E-state index contributed by atoms with van der Waals surface area (Å²) in [6.45, 7) is 0. The van der Waals surface area contributed by atoms with Gasteiger partial charge in [-0.1, -0.05) is 62.4 Å². The van der Waals surface area contributed by atoms with E-state index in [1.165, 1.54) is 44.1 Å². The Balaban J connectivity index is 1.68. The third-order valence-corrected chi connectivity index (χ3v) is 5.11. The topological polar surface area (TPSA) is 20.2 Å². The first-order chi connectivity index (χ1) is 8.84. The lowest BCUT2D eigenvalue weighted by atomic mass is 9.78. The van der Waals surface area contributed by atoms with Crippen molar-refractivity contribution >= 4 is 0 Å². The number of aliphatic hydroxyl groups is 1. The summed E-state index contributed by atoms with van der Waals surface area (Å²) in [6.07, 6.45) is 9.17. The number of hydrogen-bond acceptors (Lipinski definition) is 1. The molecule has 0 saturated heterocycles. The molecule has 1 nitrogen and oxygen atoms in total. The second-order valence-electron chi connectivity index (χ2n) is 6.21. The zero-order chi connectivity index (χ0) is 12.4. The zero-order valence-corrected chi connectivity index (χ0v) is 11.1. The van der Waals surface area contributed by atoms with Crippen LogP contribution < -0.4 is 0 Å². The van der Waals surface area contributed by atoms with E-state index in [9.17, 15) is 5.11 Å². The van der Waals surface area contributed by atoms with Gasteiger partial charge in [-0.2, -0.15) is 0 Å². The van der Waals surface area contributed by atoms with Crippen molar-refractivity contribution in [1.29, 1.82) is 0 Å². The minimum Gasteiger partial charge on any atom is -0.392 e. The molecule has 2 aliphatic rings. The smallest absolute Gasteiger partial charge is 0.0611 e. The van der Waals surface area contributed by atoms with Crippen molar-refractivity contribution < 1.29 is 5.11 Å². The first-order valence-electron chi connectivity index (χ1n) is 7.57. The van der Waals surface area contributed by atoms with E-state index in [0.717, 1.165) is 18.3 Å². The van der Waals surface area contributed by atoms with Crippen molar-refractivity contribution in [3.63, 3.8) is 0 Å². The molecule has 1 N–H and O–H groups in total. The molecule has 18 heavy (non-hydrogen) atoms. The van der Waals surface area contributed by atoms with E-state index >= 15 is 0 Å². The van der Waals surface area contributed by atoms with Gasteiger partial charge in [-0.3, -0.25) is 0 Å². The molecule has 1 aromatic carbocycles. The van der Waals surface area contributed by atoms with Gasteiger partial charge in [0.1, 0.15) is 0 Å². The van der Waals surface area contributed by atoms with Gasteiger partial charge in [-0.15, -0.1) is 0 Å². The number of aliphatic hydroxyl groups excluding tert-OH is 1. The molecule has 3 rings (SSSR count). The van der Waals surface area contributed by atoms with Gasteiger partial charge in [-0.05, 0) is 30.2 Å². The van der Waals surface area contributed by atoms with Crippen LogP contribution in [0.2, 0.25) is 0 Å². The van der Waals surface area contributed by atoms with E-state index in [4.69, 9.17) is 0 Å². The van der Waals surface area contributed by atoms with Crippen molar-refractivity contribution in [2.75, 3.05) is 0 Å². The summed E-state index contributed by atoms with van der Waals surface area (Å²) < 4.78 is 0. The Morgan fingerprint density at radius 2 is 1.56 bits per heavy atom. The molecular weight excluding hydrogens is 220 g/mol. The second kappa shape index (κ2) is 5.44. The molecule has 0 radical (unpaired) electrons. The SMILES string of the molecule is OC1C[C@@H](C2CCCCC2)C[C@@H]1c1ccccc1. The molecule has 1 unspecified atom stereocenters. The van der Waals surface area contributed by atoms with Gasteiger partial charge >= 0.3 is 0 Å². The fraction of sp³-hybridized carbons (Fsp3) is 0.647. The van der Waals surface area contributed by atoms with Gasteiger partial charge < -0.3 is 5.11 Å². The maximum Gasteiger partial charge on any atom is 0.0611 e. The summed E-state index contributed by atoms with van der Waals surface area (Å²) in [4.78, 5) is 0. The molecule has 0 heterocycles. The van der Waals surface area contributed by atoms with Crippen LogP contribution in [0, 0.1) is 11.8 Å². The summed E-state index contributed by atoms with van der Waals surface area (Å²) in [7, 11) is 0. The lowest BCUT2D eigenvalue weighted by molar-refractivity contribution is 0.151. The van der Waals surface area contributed by atoms with Crippen molar-refractivity contribution in [3.8, 4) is 0 Å². The monoisotopic (exact) mass is 244 g/mol. The summed E-state index contributed by atoms with van der Waals surface area (Å²) in [6, 6.07) is 10.6. The Labute approximate surface area is 110 Å². The van der Waals surface area contributed by atoms with E-state index in [-0.39, 0.29) is 6.10 Å². The van der Waals surface area contributed by atoms with Gasteiger partial charge in [-0.25, -0.2) is 0 Å². The molecule has 0 aliphatic heterocycles. The molecule has 98 valence electrons. The molecule has 1 aromatic rings. The molecule has 0 bridgehead atoms. The predicted octanol–water partition coefficient (Wildman–Crippen LogP) is 4.12. The van der Waals surface area contributed by atoms with Crippen LogP contribution in [0.25, 0.3) is 0 Å². The van der Waals surface area contributed by atoms with E-state index in [0.29, 0.717) is 5.92 Å². The normalized spacial score (nSPS) is 33.7. The zero-order valence-electron chi connectivity index (χ0n) is 11.1. The van der Waals surface area contributed by atoms with Gasteiger partial charge in [0.05, 0.1) is 6.10 Å². The molecule has 0 spiro atoms. The standard InChI is InChI=1S/C17H24O/c18-17-12-15(13-7-3-1-4-8-13)11-16(17)14-9-5-2-6-10-14/h2,5-6,9-10,13,15-18H,1,3-4,7-8,11-12H2/t15-,16+,17?/m0/s1. The Hall–Kier alpha value is -0.820. The van der Waals surface area contributed by atoms with Gasteiger partial charge in [0, 0.05) is 5.92 Å². The lowest BCUT2D eigenvalue weighted by Gasteiger charge is -2.27. The lowest BCUT2D eigenvalue weighted by Crippen LogP contribution is -2.16. The van der Waals surface area contributed by atoms with Crippen LogP contribution in [-0.2, 0) is 0 Å². The third-order valence-electron chi connectivity index (χ3n) is 5.11. The van der Waals surface area contributed by atoms with Crippen LogP contribution in [0.5, 0.6) is 0 Å². The highest BCUT2D eigenvalue weighted by molar-refractivity contribution is 5.22. The van der Waals surface area contributed by atoms with E-state index in [2.05, 4.69) is 30.3 Å². The molecule has 2 fully saturated rings. The first kappa shape index (κ1) is 12.2. The highest BCUT2D eigenvalue weighted by Crippen LogP contribution is 2.45. The average Bonchev–Trinajstić information content (AvgIpc) is 2.83. The predicted molar refractivity (Wildman–Crippen MR) is 74.5 cm³/mol. The van der Waals surface area contributed by atoms with E-state index < -0.39 is 0 Å². The largest absolute Gasteiger partial charge is 0.392 e. The van der Waals surface area contributed by atoms with E-state index in [1.807, 2.05) is 0 Å². The minimum absolute atomic E-state index is 0.112. The Morgan fingerprint density at radius 3 is 2.28 bits per heavy atom. The summed E-state index contributed by atoms with van der Waals surface area (Å²) in [5.74, 6) is 2.05. The molecule has 1 heteroatoms. The van der Waals surface area contributed by atoms with Crippen LogP contribution in [-0.4, -0.2) is 11.2 Å². The molecule has 3 atom stereocenters. The van der Waals surface area contributed by atoms with Crippen molar-refractivity contribution in [2.45, 2.75) is 57.0 Å². The van der Waals surface area contributed by atoms with Crippen LogP contribution in [0.3, 0.4) is 0 Å². The number of benzene rings is 1. The number of rotatable bonds is 2. The maximum atomic E-state index is 10.3. The fourth-order valence-corrected chi connectivity index (χ4v) is 4.10. The summed E-state index contributed by atoms with van der Waals surface area (Å²) >= 11 is 0. The quantitative estimate of drug-likeness (QED) is 0.829. The highest BCUT2D eigenvalue weighted by Gasteiger charge is 2.37. The van der Waals surface area contributed by atoms with Gasteiger partial charge in [0.25, 0.3) is 0 Å². The van der Waals surface area contributed by atoms with Crippen LogP contribution in [0.15, 0.2) is 30.3 Å². The van der Waals surface area contributed by atoms with Crippen LogP contribution in [0.4, 0.5) is 0 Å². The maximum absolute atomic E-state index is 10.3. The van der Waals surface area contributed by atoms with Crippen LogP contribution in [0.1, 0.15) is 56.4 Å². The van der Waals surface area contributed by atoms with Crippen LogP contribution >= 0.6 is 0 Å². The Kier molecular flexibility index (Phi) is 3.69. The second-order valence-corrected chi connectivity index (χ2v) is 6.21. The van der Waals surface area contributed by atoms with Gasteiger partial charge in [0.15, 0.2) is 0 Å². The molecular formula is C17H24O. The fourth-order valence-electron chi connectivity index (χ4n) is 4.10. The molecule has 0 aromatic heterocycles. The van der Waals surface area contributed by atoms with Crippen molar-refractivity contribution in [2.24, 2.45) is 11.8 Å². The molecule has 0 amide bonds. The van der Waals surface area contributed by atoms with Crippen molar-refractivity contribution in [3.05, 3.63) is 35.9 Å². The van der Waals surface area contributed by atoms with Gasteiger partial charge in [0.2, 0.25) is 0 Å². The van der Waals surface area contributed by atoms with E-state index in [1.54, 1.807) is 0 Å². The summed E-state index contributed by atoms with van der Waals surface area (Å²) in [5, 5.41) is 10.3. The summed E-state index contributed by atoms with van der Waals surface area (Å²) in [5.41, 5.74) is 1.34. The minimum atomic E-state index is -0.112. The average molecular weight is 244 g/mol. The Bertz CT molecular complexity index is 366.